The molecule has 4 rings (SSSR count). The zero-order valence-corrected chi connectivity index (χ0v) is 18.4. The number of likely N-dealkylation sites (tertiary alicyclic amines) is 1. The van der Waals surface area contributed by atoms with Crippen molar-refractivity contribution in [2.24, 2.45) is 0 Å². The SMILES string of the molecule is CC(C)N1CCC(N(C)C(=O)c2cccc(CN3C(=O)c4ccccc4C3=O)c2)CC1. The van der Waals surface area contributed by atoms with E-state index in [2.05, 4.69) is 18.7 Å². The van der Waals surface area contributed by atoms with E-state index >= 15 is 0 Å². The molecule has 2 aliphatic heterocycles. The lowest BCUT2D eigenvalue weighted by atomic mass is 10.0. The summed E-state index contributed by atoms with van der Waals surface area (Å²) in [4.78, 5) is 43.9. The van der Waals surface area contributed by atoms with Gasteiger partial charge in [0.1, 0.15) is 0 Å². The highest BCUT2D eigenvalue weighted by molar-refractivity contribution is 6.21. The van der Waals surface area contributed by atoms with Crippen LogP contribution < -0.4 is 0 Å². The highest BCUT2D eigenvalue weighted by Gasteiger charge is 2.35. The molecule has 0 N–H and O–H groups in total. The van der Waals surface area contributed by atoms with Crippen molar-refractivity contribution < 1.29 is 14.4 Å². The van der Waals surface area contributed by atoms with Gasteiger partial charge in [0.25, 0.3) is 17.7 Å². The summed E-state index contributed by atoms with van der Waals surface area (Å²) in [5.41, 5.74) is 2.23. The largest absolute Gasteiger partial charge is 0.339 e. The molecule has 3 amide bonds. The molecule has 2 aromatic rings. The Balaban J connectivity index is 1.45. The number of benzene rings is 2. The molecule has 0 unspecified atom stereocenters. The van der Waals surface area contributed by atoms with E-state index in [0.29, 0.717) is 22.7 Å². The molecule has 6 nitrogen and oxygen atoms in total. The van der Waals surface area contributed by atoms with Crippen LogP contribution >= 0.6 is 0 Å². The Morgan fingerprint density at radius 2 is 1.61 bits per heavy atom. The van der Waals surface area contributed by atoms with Crippen molar-refractivity contribution in [1.82, 2.24) is 14.7 Å². The third-order valence-electron chi connectivity index (χ3n) is 6.49. The van der Waals surface area contributed by atoms with Crippen LogP contribution in [0.15, 0.2) is 48.5 Å². The van der Waals surface area contributed by atoms with E-state index in [4.69, 9.17) is 0 Å². The lowest BCUT2D eigenvalue weighted by Gasteiger charge is -2.38. The summed E-state index contributed by atoms with van der Waals surface area (Å²) >= 11 is 0. The first-order valence-corrected chi connectivity index (χ1v) is 10.9. The summed E-state index contributed by atoms with van der Waals surface area (Å²) in [6.07, 6.45) is 1.93. The van der Waals surface area contributed by atoms with E-state index in [1.54, 1.807) is 36.4 Å². The number of nitrogens with zero attached hydrogens (tertiary/aromatic N) is 3. The number of hydrogen-bond acceptors (Lipinski definition) is 4. The number of imide groups is 1. The molecule has 0 atom stereocenters. The summed E-state index contributed by atoms with van der Waals surface area (Å²) < 4.78 is 0. The fourth-order valence-electron chi connectivity index (χ4n) is 4.53. The van der Waals surface area contributed by atoms with E-state index in [1.807, 2.05) is 24.1 Å². The topological polar surface area (TPSA) is 60.9 Å². The second-order valence-corrected chi connectivity index (χ2v) is 8.72. The van der Waals surface area contributed by atoms with Crippen molar-refractivity contribution >= 4 is 17.7 Å². The summed E-state index contributed by atoms with van der Waals surface area (Å²) in [5, 5.41) is 0. The summed E-state index contributed by atoms with van der Waals surface area (Å²) in [7, 11) is 1.87. The molecule has 0 aromatic heterocycles. The molecule has 1 saturated heterocycles. The van der Waals surface area contributed by atoms with Gasteiger partial charge in [-0.2, -0.15) is 0 Å². The monoisotopic (exact) mass is 419 g/mol. The summed E-state index contributed by atoms with van der Waals surface area (Å²) in [6, 6.07) is 14.9. The molecular weight excluding hydrogens is 390 g/mol. The van der Waals surface area contributed by atoms with Crippen molar-refractivity contribution in [1.29, 1.82) is 0 Å². The molecule has 0 bridgehead atoms. The van der Waals surface area contributed by atoms with E-state index in [-0.39, 0.29) is 30.3 Å². The van der Waals surface area contributed by atoms with Gasteiger partial charge in [-0.15, -0.1) is 0 Å². The number of piperidine rings is 1. The zero-order chi connectivity index (χ0) is 22.1. The van der Waals surface area contributed by atoms with E-state index in [0.717, 1.165) is 31.5 Å². The minimum atomic E-state index is -0.286. The predicted octanol–water partition coefficient (Wildman–Crippen LogP) is 3.43. The van der Waals surface area contributed by atoms with Crippen LogP contribution in [-0.2, 0) is 6.54 Å². The normalized spacial score (nSPS) is 17.4. The first-order valence-electron chi connectivity index (χ1n) is 10.9. The fourth-order valence-corrected chi connectivity index (χ4v) is 4.53. The quantitative estimate of drug-likeness (QED) is 0.697. The van der Waals surface area contributed by atoms with Gasteiger partial charge in [0.15, 0.2) is 0 Å². The second kappa shape index (κ2) is 8.63. The van der Waals surface area contributed by atoms with Crippen LogP contribution in [-0.4, -0.2) is 64.6 Å². The van der Waals surface area contributed by atoms with Gasteiger partial charge in [0.2, 0.25) is 0 Å². The van der Waals surface area contributed by atoms with Crippen LogP contribution in [0, 0.1) is 0 Å². The maximum absolute atomic E-state index is 13.1. The Morgan fingerprint density at radius 1 is 1.00 bits per heavy atom. The third-order valence-corrected chi connectivity index (χ3v) is 6.49. The van der Waals surface area contributed by atoms with Gasteiger partial charge < -0.3 is 9.80 Å². The van der Waals surface area contributed by atoms with Crippen molar-refractivity contribution in [3.63, 3.8) is 0 Å². The molecule has 2 heterocycles. The predicted molar refractivity (Wildman–Crippen MR) is 119 cm³/mol. The summed E-state index contributed by atoms with van der Waals surface area (Å²) in [5.74, 6) is -0.593. The maximum atomic E-state index is 13.1. The van der Waals surface area contributed by atoms with Crippen LogP contribution in [0.2, 0.25) is 0 Å². The fraction of sp³-hybridized carbons (Fsp3) is 0.400. The van der Waals surface area contributed by atoms with Crippen LogP contribution in [0.25, 0.3) is 0 Å². The van der Waals surface area contributed by atoms with Crippen molar-refractivity contribution in [2.45, 2.75) is 45.3 Å². The van der Waals surface area contributed by atoms with Gasteiger partial charge in [0, 0.05) is 37.8 Å². The molecule has 6 heteroatoms. The molecule has 0 aliphatic carbocycles. The highest BCUT2D eigenvalue weighted by Crippen LogP contribution is 2.25. The van der Waals surface area contributed by atoms with Gasteiger partial charge in [-0.1, -0.05) is 24.3 Å². The number of fused-ring (bicyclic) bond motifs is 1. The van der Waals surface area contributed by atoms with E-state index < -0.39 is 0 Å². The Hall–Kier alpha value is -2.99. The van der Waals surface area contributed by atoms with Crippen molar-refractivity contribution in [3.8, 4) is 0 Å². The number of carbonyl (C=O) groups is 3. The lowest BCUT2D eigenvalue weighted by molar-refractivity contribution is 0.0614. The van der Waals surface area contributed by atoms with Crippen LogP contribution in [0.5, 0.6) is 0 Å². The molecule has 1 fully saturated rings. The van der Waals surface area contributed by atoms with Crippen molar-refractivity contribution in [2.75, 3.05) is 20.1 Å². The number of rotatable bonds is 5. The standard InChI is InChI=1S/C25H29N3O3/c1-17(2)27-13-11-20(12-14-27)26(3)23(29)19-8-6-7-18(15-19)16-28-24(30)21-9-4-5-10-22(21)25(28)31/h4-10,15,17,20H,11-14,16H2,1-3H3. The molecule has 162 valence electrons. The zero-order valence-electron chi connectivity index (χ0n) is 18.4. The van der Waals surface area contributed by atoms with Gasteiger partial charge in [-0.25, -0.2) is 0 Å². The molecule has 31 heavy (non-hydrogen) atoms. The number of carbonyl (C=O) groups excluding carboxylic acids is 3. The Kier molecular flexibility index (Phi) is 5.92. The molecule has 0 spiro atoms. The molecule has 2 aliphatic rings. The minimum Gasteiger partial charge on any atom is -0.339 e. The first-order chi connectivity index (χ1) is 14.9. The van der Waals surface area contributed by atoms with Crippen LogP contribution in [0.3, 0.4) is 0 Å². The van der Waals surface area contributed by atoms with Crippen molar-refractivity contribution in [3.05, 3.63) is 70.8 Å². The molecule has 2 aromatic carbocycles. The number of amides is 3. The molecular formula is C25H29N3O3. The van der Waals surface area contributed by atoms with Crippen LogP contribution in [0.1, 0.15) is 63.3 Å². The first kappa shape index (κ1) is 21.2. The van der Waals surface area contributed by atoms with E-state index in [1.165, 1.54) is 4.90 Å². The summed E-state index contributed by atoms with van der Waals surface area (Å²) in [6.45, 7) is 6.56. The molecule has 0 saturated carbocycles. The highest BCUT2D eigenvalue weighted by atomic mass is 16.2. The van der Waals surface area contributed by atoms with Gasteiger partial charge in [-0.3, -0.25) is 19.3 Å². The maximum Gasteiger partial charge on any atom is 0.261 e. The van der Waals surface area contributed by atoms with E-state index in [9.17, 15) is 14.4 Å². The van der Waals surface area contributed by atoms with Gasteiger partial charge >= 0.3 is 0 Å². The Morgan fingerprint density at radius 3 is 2.19 bits per heavy atom. The lowest BCUT2D eigenvalue weighted by Crippen LogP contribution is -2.47. The Labute approximate surface area is 183 Å². The smallest absolute Gasteiger partial charge is 0.261 e. The van der Waals surface area contributed by atoms with Crippen LogP contribution in [0.4, 0.5) is 0 Å². The second-order valence-electron chi connectivity index (χ2n) is 8.72. The van der Waals surface area contributed by atoms with Gasteiger partial charge in [0.05, 0.1) is 17.7 Å². The van der Waals surface area contributed by atoms with Gasteiger partial charge in [-0.05, 0) is 56.5 Å². The average Bonchev–Trinajstić information content (AvgIpc) is 3.03. The Bertz CT molecular complexity index is 974. The third kappa shape index (κ3) is 4.12. The average molecular weight is 420 g/mol. The minimum absolute atomic E-state index is 0.0211. The molecule has 0 radical (unpaired) electrons. The number of hydrogen-bond donors (Lipinski definition) is 0.